The van der Waals surface area contributed by atoms with Crippen molar-refractivity contribution in [1.82, 2.24) is 68.8 Å². The van der Waals surface area contributed by atoms with E-state index in [4.69, 9.17) is 62.7 Å². The number of aromatic amines is 5. The third-order valence-corrected chi connectivity index (χ3v) is 36.4. The van der Waals surface area contributed by atoms with E-state index in [0.29, 0.717) is 104 Å². The maximum Gasteiger partial charge on any atom is 0.410 e. The molecule has 13 unspecified atom stereocenters. The highest BCUT2D eigenvalue weighted by Gasteiger charge is 2.57. The first-order valence-corrected chi connectivity index (χ1v) is 53.4. The number of alkyl halides is 3. The van der Waals surface area contributed by atoms with Crippen LogP contribution in [0, 0.1) is 57.2 Å². The van der Waals surface area contributed by atoms with Gasteiger partial charge in [0.25, 0.3) is 5.92 Å². The Kier molecular flexibility index (Phi) is 28.4. The van der Waals surface area contributed by atoms with Gasteiger partial charge in [0.2, 0.25) is 0 Å². The van der Waals surface area contributed by atoms with Crippen LogP contribution < -0.4 is 0 Å². The molecular weight excluding hydrogens is 1830 g/mol. The largest absolute Gasteiger partial charge is 0.444 e. The maximum absolute atomic E-state index is 14.9. The Hall–Kier alpha value is -6.30. The summed E-state index contributed by atoms with van der Waals surface area (Å²) in [6.45, 7) is 17.8. The summed E-state index contributed by atoms with van der Waals surface area (Å²) in [6, 6.07) is 18.9. The lowest BCUT2D eigenvalue weighted by Crippen LogP contribution is -2.49. The third kappa shape index (κ3) is 20.1. The Morgan fingerprint density at radius 2 is 0.792 bits per heavy atom. The van der Waals surface area contributed by atoms with Crippen LogP contribution in [0.1, 0.15) is 236 Å². The second-order valence-electron chi connectivity index (χ2n) is 41.2. The fraction of sp³-hybridized carbons (Fsp3) is 0.589. The molecule has 10 aromatic rings. The molecule has 6 aliphatic heterocycles. The molecule has 10 N–H and O–H groups in total. The molecule has 8 bridgehead atoms. The number of carbonyl (C=O) groups excluding carboxylic acids is 1. The number of nitrogens with zero attached hydrogens (tertiary/aromatic N) is 9. The summed E-state index contributed by atoms with van der Waals surface area (Å²) < 4.78 is 92.6. The maximum atomic E-state index is 14.9. The minimum absolute atomic E-state index is 0.0314. The van der Waals surface area contributed by atoms with Crippen LogP contribution in [0.25, 0.3) is 54.5 Å². The Labute approximate surface area is 785 Å². The van der Waals surface area contributed by atoms with E-state index in [-0.39, 0.29) is 64.3 Å². The number of nitrogens with one attached hydrogen (secondary N) is 5. The van der Waals surface area contributed by atoms with E-state index in [1.165, 1.54) is 18.5 Å². The number of aliphatic hydroxyl groups is 5. The van der Waals surface area contributed by atoms with E-state index >= 15 is 0 Å². The highest BCUT2D eigenvalue weighted by molar-refractivity contribution is 7.98. The minimum Gasteiger partial charge on any atom is -0.444 e. The van der Waals surface area contributed by atoms with E-state index in [9.17, 15) is 56.1 Å². The molecule has 710 valence electrons. The van der Waals surface area contributed by atoms with E-state index in [2.05, 4.69) is 105 Å². The summed E-state index contributed by atoms with van der Waals surface area (Å²) in [4.78, 5) is 14.3. The lowest BCUT2D eigenvalue weighted by Gasteiger charge is -2.56. The number of hydrogen-bond acceptors (Lipinski definition) is 15. The van der Waals surface area contributed by atoms with Gasteiger partial charge in [-0.1, -0.05) is 85.7 Å². The van der Waals surface area contributed by atoms with Gasteiger partial charge in [0.1, 0.15) is 17.9 Å². The van der Waals surface area contributed by atoms with Gasteiger partial charge >= 0.3 is 6.09 Å². The molecule has 4 aliphatic carbocycles. The van der Waals surface area contributed by atoms with E-state index in [0.717, 1.165) is 169 Å². The van der Waals surface area contributed by atoms with Crippen molar-refractivity contribution in [2.75, 3.05) is 44.9 Å². The van der Waals surface area contributed by atoms with Crippen molar-refractivity contribution in [3.05, 3.63) is 145 Å². The number of fused-ring (bicyclic) bond motifs is 14. The normalized spacial score (nSPS) is 27.9. The van der Waals surface area contributed by atoms with Gasteiger partial charge in [0.05, 0.1) is 83.0 Å². The Morgan fingerprint density at radius 1 is 0.477 bits per heavy atom. The number of ether oxygens (including phenoxy) is 1. The molecule has 20 rings (SSSR count). The number of piperidine rings is 4. The van der Waals surface area contributed by atoms with Crippen LogP contribution in [-0.2, 0) is 33.9 Å². The van der Waals surface area contributed by atoms with Gasteiger partial charge in [-0.3, -0.25) is 38.1 Å². The zero-order valence-electron chi connectivity index (χ0n) is 75.8. The zero-order valence-corrected chi connectivity index (χ0v) is 82.1. The van der Waals surface area contributed by atoms with Crippen molar-refractivity contribution in [1.29, 1.82) is 0 Å². The summed E-state index contributed by atoms with van der Waals surface area (Å²) in [5, 5.41) is 97.1. The number of carbonyl (C=O) groups is 1. The van der Waals surface area contributed by atoms with Crippen LogP contribution in [0.5, 0.6) is 0 Å². The topological polar surface area (TPSA) is 335 Å². The molecule has 6 saturated heterocycles. The molecule has 11 heterocycles. The molecule has 5 aromatic heterocycles. The molecule has 5 aromatic carbocycles. The molecule has 17 atom stereocenters. The smallest absolute Gasteiger partial charge is 0.410 e. The van der Waals surface area contributed by atoms with Crippen LogP contribution in [0.15, 0.2) is 91.6 Å². The molecule has 10 aliphatic rings. The molecular formula is C95H126Cl5F3N14O10S3. The molecule has 24 nitrogen and oxygen atoms in total. The molecule has 1 amide bonds. The monoisotopic (exact) mass is 1950 g/mol. The number of aromatic nitrogens is 10. The predicted molar refractivity (Wildman–Crippen MR) is 519 cm³/mol. The molecule has 0 radical (unpaired) electrons. The number of amides is 1. The number of hydrogen-bond donors (Lipinski definition) is 10. The fourth-order valence-electron chi connectivity index (χ4n) is 23.6. The molecule has 35 heteroatoms. The van der Waals surface area contributed by atoms with Crippen LogP contribution in [0.2, 0.25) is 25.1 Å². The van der Waals surface area contributed by atoms with Gasteiger partial charge in [-0.25, -0.2) is 30.9 Å². The average Bonchev–Trinajstić information content (AvgIpc) is 0.930. The first-order valence-electron chi connectivity index (χ1n) is 45.3. The van der Waals surface area contributed by atoms with E-state index < -0.39 is 83.3 Å². The van der Waals surface area contributed by atoms with Crippen LogP contribution in [0.3, 0.4) is 0 Å². The second-order valence-corrected chi connectivity index (χ2v) is 50.5. The van der Waals surface area contributed by atoms with Crippen molar-refractivity contribution in [2.24, 2.45) is 57.2 Å². The van der Waals surface area contributed by atoms with Crippen molar-refractivity contribution < 1.29 is 60.9 Å². The fourth-order valence-corrected chi connectivity index (χ4v) is 29.0. The summed E-state index contributed by atoms with van der Waals surface area (Å²) in [5.74, 6) is 8.94. The molecule has 10 fully saturated rings. The van der Waals surface area contributed by atoms with Crippen molar-refractivity contribution in [3.8, 4) is 0 Å². The van der Waals surface area contributed by atoms with Crippen LogP contribution in [0.4, 0.5) is 18.0 Å². The van der Waals surface area contributed by atoms with Gasteiger partial charge in [0, 0.05) is 195 Å². The Balaban J connectivity index is 0.000000125. The first-order chi connectivity index (χ1) is 60.9. The first kappa shape index (κ1) is 98.2. The number of rotatable bonds is 18. The van der Waals surface area contributed by atoms with Gasteiger partial charge in [-0.2, -0.15) is 25.5 Å². The molecule has 0 spiro atoms. The van der Waals surface area contributed by atoms with Crippen molar-refractivity contribution in [3.63, 3.8) is 0 Å². The summed E-state index contributed by atoms with van der Waals surface area (Å²) in [5.41, 5.74) is 5.52. The van der Waals surface area contributed by atoms with Crippen molar-refractivity contribution >= 4 is 165 Å². The number of aliphatic hydroxyl groups excluding tert-OH is 5. The lowest BCUT2D eigenvalue weighted by atomic mass is 9.50. The number of halogens is 8. The van der Waals surface area contributed by atoms with E-state index in [1.807, 2.05) is 74.2 Å². The Bertz CT molecular complexity index is 5910. The molecule has 4 saturated carbocycles. The average molecular weight is 1950 g/mol. The van der Waals surface area contributed by atoms with Gasteiger partial charge in [-0.15, -0.1) is 0 Å². The standard InChI is InChI=1S/C21H28ClN3O3.2C20H28ClN3O2S.C18H22ClFN2O.C16H20ClF2N3O2S/c1-21(2,3)28-20(27)25-10-12-4-5-13(11-25)16(12)8-18(26)17-7-15(22)6-14-9-23-24-19(14)17;2*1-20(2,13-8-15-5-6-16(9-13)24(15)27(3,4)26)19(25)17-10-14(21)7-12-11-22-23-18(12)17;1-11(20)17-2-5-18(6-3-17,7-4-17)16(23)14-9-13(19)8-12-10-21-22-15(12)14;1-25(2,24)22-5-3-11(4-6-22)16(18,19)15(23)13-8-12(17)7-10-9-20-21-14(10)13/h6-7,9,12-13,16,18,26H,4-5,8,10-11H2,1-3H3,(H,23,24);2*7,10-11,13,15-16,19,25H,3,5-6,8-9H2,1-2,4H3,(H,22,23);8-11,16,23H,2-7H2,1H3,(H,21,22);7-9,11,15,23H,1,3-6H2,2H3,(H,20,21)/t;2*13?,15-,16+,19?,27?;;. The summed E-state index contributed by atoms with van der Waals surface area (Å²) in [7, 11) is -6.78. The summed E-state index contributed by atoms with van der Waals surface area (Å²) in [6.07, 6.45) is 24.3. The zero-order chi connectivity index (χ0) is 93.8. The van der Waals surface area contributed by atoms with Crippen molar-refractivity contribution in [2.45, 2.75) is 250 Å². The number of benzene rings is 5. The molecule has 130 heavy (non-hydrogen) atoms. The van der Waals surface area contributed by atoms with E-state index in [1.54, 1.807) is 54.6 Å². The quantitative estimate of drug-likeness (QED) is 0.0357. The van der Waals surface area contributed by atoms with Crippen LogP contribution >= 0.6 is 58.0 Å². The van der Waals surface area contributed by atoms with Gasteiger partial charge < -0.3 is 35.2 Å². The highest BCUT2D eigenvalue weighted by Crippen LogP contribution is 2.64. The van der Waals surface area contributed by atoms with Gasteiger partial charge in [0.15, 0.2) is 0 Å². The Morgan fingerprint density at radius 3 is 1.12 bits per heavy atom. The lowest BCUT2D eigenvalue weighted by molar-refractivity contribution is -0.158. The number of likely N-dealkylation sites (tertiary alicyclic amines) is 1. The third-order valence-electron chi connectivity index (χ3n) is 30.9. The van der Waals surface area contributed by atoms with Crippen LogP contribution in [-0.4, -0.2) is 217 Å². The second kappa shape index (κ2) is 37.7. The van der Waals surface area contributed by atoms with Gasteiger partial charge in [-0.05, 0) is 268 Å². The number of H-pyrrole nitrogens is 5. The summed E-state index contributed by atoms with van der Waals surface area (Å²) >= 11 is 31.0. The predicted octanol–water partition coefficient (Wildman–Crippen LogP) is 19.9. The SMILES string of the molecule is C=S(C)(=O)N1CCC(C(F)(F)C(O)c2cc(Cl)cc3cn[nH]c23)CC1.C=S(C)(=O)N1[C@@H]2CC[C@H]1CC(C(C)(C)C(O)c1cc(Cl)cc3cn[nH]c13)C2.C=S(C)(=O)N1[C@@H]2CC[C@H]1CC(C(C)(C)C(O)c1cc(Cl)cc3cn[nH]c13)C2.CC(C)(C)OC(=O)N1CC2CCC(C1)C2CC(O)c1cc(Cl)cc2cn[nH]c12.CC(F)C12CCC(C(O)c3cc(Cl)cc4cn[nH]c34)(CC1)CC2. The minimum atomic E-state index is -3.34. The highest BCUT2D eigenvalue weighted by atomic mass is 35.5.